The van der Waals surface area contributed by atoms with E-state index in [1.54, 1.807) is 18.2 Å². The zero-order valence-electron chi connectivity index (χ0n) is 10.6. The van der Waals surface area contributed by atoms with E-state index in [2.05, 4.69) is 16.4 Å². The number of hydrogen-bond donors (Lipinski definition) is 1. The summed E-state index contributed by atoms with van der Waals surface area (Å²) in [4.78, 5) is 4.56. The molecule has 0 aliphatic heterocycles. The highest BCUT2D eigenvalue weighted by atomic mass is 35.5. The molecule has 1 aliphatic rings. The number of halogens is 2. The number of benzene rings is 1. The molecule has 0 fully saturated rings. The van der Waals surface area contributed by atoms with Crippen molar-refractivity contribution in [3.8, 4) is 6.07 Å². The van der Waals surface area contributed by atoms with Crippen LogP contribution in [0.5, 0.6) is 0 Å². The number of nitrogens with zero attached hydrogens (tertiary/aromatic N) is 2. The van der Waals surface area contributed by atoms with E-state index in [4.69, 9.17) is 23.2 Å². The van der Waals surface area contributed by atoms with Crippen LogP contribution in [0.1, 0.15) is 23.2 Å². The van der Waals surface area contributed by atoms with Crippen molar-refractivity contribution in [1.29, 1.82) is 5.26 Å². The second kappa shape index (κ2) is 5.32. The van der Waals surface area contributed by atoms with Crippen LogP contribution in [0.2, 0.25) is 10.0 Å². The summed E-state index contributed by atoms with van der Waals surface area (Å²) < 4.78 is 0. The smallest absolute Gasteiger partial charge is 0.148 e. The highest BCUT2D eigenvalue weighted by Crippen LogP contribution is 2.29. The number of fused-ring (bicyclic) bond motifs is 1. The second-order valence-electron chi connectivity index (χ2n) is 4.74. The van der Waals surface area contributed by atoms with E-state index in [9.17, 15) is 5.26 Å². The van der Waals surface area contributed by atoms with Crippen LogP contribution in [0.25, 0.3) is 0 Å². The van der Waals surface area contributed by atoms with E-state index in [0.29, 0.717) is 21.4 Å². The van der Waals surface area contributed by atoms with Gasteiger partial charge in [-0.25, -0.2) is 4.98 Å². The van der Waals surface area contributed by atoms with Crippen molar-refractivity contribution in [1.82, 2.24) is 4.98 Å². The fraction of sp³-hybridized carbons (Fsp3) is 0.200. The second-order valence-corrected chi connectivity index (χ2v) is 5.61. The molecule has 0 saturated heterocycles. The Morgan fingerprint density at radius 2 is 1.85 bits per heavy atom. The summed E-state index contributed by atoms with van der Waals surface area (Å²) in [6, 6.07) is 9.27. The van der Waals surface area contributed by atoms with Gasteiger partial charge < -0.3 is 5.32 Å². The molecule has 1 N–H and O–H groups in total. The molecule has 0 spiro atoms. The molecule has 100 valence electrons. The molecule has 1 heterocycles. The lowest BCUT2D eigenvalue weighted by Crippen LogP contribution is -2.01. The van der Waals surface area contributed by atoms with E-state index in [-0.39, 0.29) is 0 Å². The van der Waals surface area contributed by atoms with E-state index in [1.807, 2.05) is 6.07 Å². The van der Waals surface area contributed by atoms with Crippen molar-refractivity contribution in [2.45, 2.75) is 19.3 Å². The summed E-state index contributed by atoms with van der Waals surface area (Å²) >= 11 is 11.9. The maximum atomic E-state index is 9.25. The number of aromatic nitrogens is 1. The molecule has 1 aromatic carbocycles. The van der Waals surface area contributed by atoms with Gasteiger partial charge in [0.15, 0.2) is 0 Å². The molecule has 0 saturated carbocycles. The van der Waals surface area contributed by atoms with Gasteiger partial charge >= 0.3 is 0 Å². The highest BCUT2D eigenvalue weighted by Gasteiger charge is 2.16. The van der Waals surface area contributed by atoms with E-state index in [1.165, 1.54) is 5.56 Å². The fourth-order valence-corrected chi connectivity index (χ4v) is 2.94. The Morgan fingerprint density at radius 3 is 2.55 bits per heavy atom. The average molecular weight is 304 g/mol. The predicted molar refractivity (Wildman–Crippen MR) is 80.7 cm³/mol. The van der Waals surface area contributed by atoms with Crippen LogP contribution in [-0.2, 0) is 12.8 Å². The normalized spacial score (nSPS) is 12.8. The zero-order valence-corrected chi connectivity index (χ0v) is 12.1. The topological polar surface area (TPSA) is 48.7 Å². The van der Waals surface area contributed by atoms with Crippen LogP contribution in [0.4, 0.5) is 11.5 Å². The van der Waals surface area contributed by atoms with Gasteiger partial charge in [0.1, 0.15) is 11.9 Å². The van der Waals surface area contributed by atoms with Gasteiger partial charge in [0.25, 0.3) is 0 Å². The standard InChI is InChI=1S/C15H11Cl2N3/c16-11-5-12(17)7-13(6-11)19-15-10(8-18)4-9-2-1-3-14(9)20-15/h4-7H,1-3H2,(H,19,20). The SMILES string of the molecule is N#Cc1cc2c(nc1Nc1cc(Cl)cc(Cl)c1)CCC2. The largest absolute Gasteiger partial charge is 0.339 e. The van der Waals surface area contributed by atoms with Crippen molar-refractivity contribution < 1.29 is 0 Å². The van der Waals surface area contributed by atoms with Crippen molar-refractivity contribution in [2.24, 2.45) is 0 Å². The minimum Gasteiger partial charge on any atom is -0.339 e. The Hall–Kier alpha value is -1.76. The van der Waals surface area contributed by atoms with Crippen molar-refractivity contribution in [2.75, 3.05) is 5.32 Å². The monoisotopic (exact) mass is 303 g/mol. The molecular weight excluding hydrogens is 293 g/mol. The lowest BCUT2D eigenvalue weighted by Gasteiger charge is -2.10. The molecule has 2 aromatic rings. The van der Waals surface area contributed by atoms with Crippen molar-refractivity contribution in [3.05, 3.63) is 51.1 Å². The fourth-order valence-electron chi connectivity index (χ4n) is 2.42. The molecular formula is C15H11Cl2N3. The van der Waals surface area contributed by atoms with Gasteiger partial charge in [0.05, 0.1) is 5.56 Å². The molecule has 1 aromatic heterocycles. The Kier molecular flexibility index (Phi) is 3.52. The van der Waals surface area contributed by atoms with Gasteiger partial charge in [-0.05, 0) is 49.1 Å². The molecule has 5 heteroatoms. The molecule has 0 unspecified atom stereocenters. The molecule has 3 nitrogen and oxygen atoms in total. The maximum Gasteiger partial charge on any atom is 0.148 e. The number of nitriles is 1. The van der Waals surface area contributed by atoms with Crippen LogP contribution < -0.4 is 5.32 Å². The quantitative estimate of drug-likeness (QED) is 0.889. The first kappa shape index (κ1) is 13.2. The Bertz CT molecular complexity index is 700. The number of anilines is 2. The minimum atomic E-state index is 0.541. The van der Waals surface area contributed by atoms with Crippen LogP contribution in [0.15, 0.2) is 24.3 Å². The minimum absolute atomic E-state index is 0.541. The highest BCUT2D eigenvalue weighted by molar-refractivity contribution is 6.35. The number of pyridine rings is 1. The van der Waals surface area contributed by atoms with E-state index < -0.39 is 0 Å². The third-order valence-electron chi connectivity index (χ3n) is 3.30. The predicted octanol–water partition coefficient (Wildman–Crippen LogP) is 4.49. The van der Waals surface area contributed by atoms with Crippen LogP contribution in [0, 0.1) is 11.3 Å². The summed E-state index contributed by atoms with van der Waals surface area (Å²) in [6.45, 7) is 0. The maximum absolute atomic E-state index is 9.25. The molecule has 20 heavy (non-hydrogen) atoms. The number of hydrogen-bond acceptors (Lipinski definition) is 3. The summed E-state index contributed by atoms with van der Waals surface area (Å²) in [5.74, 6) is 0.562. The van der Waals surface area contributed by atoms with E-state index >= 15 is 0 Å². The first-order valence-corrected chi connectivity index (χ1v) is 7.07. The number of nitrogens with one attached hydrogen (secondary N) is 1. The summed E-state index contributed by atoms with van der Waals surface area (Å²) in [6.07, 6.45) is 3.06. The molecule has 3 rings (SSSR count). The van der Waals surface area contributed by atoms with Gasteiger partial charge in [0, 0.05) is 21.4 Å². The first-order chi connectivity index (χ1) is 9.65. The van der Waals surface area contributed by atoms with Crippen LogP contribution >= 0.6 is 23.2 Å². The Balaban J connectivity index is 2.00. The Morgan fingerprint density at radius 1 is 1.10 bits per heavy atom. The summed E-state index contributed by atoms with van der Waals surface area (Å²) in [5.41, 5.74) is 3.52. The number of aryl methyl sites for hydroxylation is 2. The third-order valence-corrected chi connectivity index (χ3v) is 3.73. The van der Waals surface area contributed by atoms with Gasteiger partial charge in [-0.3, -0.25) is 0 Å². The lowest BCUT2D eigenvalue weighted by atomic mass is 10.1. The van der Waals surface area contributed by atoms with Crippen molar-refractivity contribution >= 4 is 34.7 Å². The summed E-state index contributed by atoms with van der Waals surface area (Å²) in [5, 5.41) is 13.5. The summed E-state index contributed by atoms with van der Waals surface area (Å²) in [7, 11) is 0. The molecule has 0 atom stereocenters. The molecule has 0 bridgehead atoms. The molecule has 1 aliphatic carbocycles. The lowest BCUT2D eigenvalue weighted by molar-refractivity contribution is 0.900. The average Bonchev–Trinajstić information content (AvgIpc) is 2.83. The van der Waals surface area contributed by atoms with E-state index in [0.717, 1.165) is 30.6 Å². The van der Waals surface area contributed by atoms with Crippen molar-refractivity contribution in [3.63, 3.8) is 0 Å². The zero-order chi connectivity index (χ0) is 14.1. The Labute approximate surface area is 127 Å². The number of rotatable bonds is 2. The van der Waals surface area contributed by atoms with Crippen LogP contribution in [0.3, 0.4) is 0 Å². The molecule has 0 radical (unpaired) electrons. The first-order valence-electron chi connectivity index (χ1n) is 6.32. The van der Waals surface area contributed by atoms with Crippen LogP contribution in [-0.4, -0.2) is 4.98 Å². The third kappa shape index (κ3) is 2.58. The van der Waals surface area contributed by atoms with Gasteiger partial charge in [-0.2, -0.15) is 5.26 Å². The molecule has 0 amide bonds. The van der Waals surface area contributed by atoms with Gasteiger partial charge in [-0.1, -0.05) is 23.2 Å². The van der Waals surface area contributed by atoms with Gasteiger partial charge in [0.2, 0.25) is 0 Å². The van der Waals surface area contributed by atoms with Gasteiger partial charge in [-0.15, -0.1) is 0 Å².